The lowest BCUT2D eigenvalue weighted by molar-refractivity contribution is 0.0696. The molecule has 0 bridgehead atoms. The van der Waals surface area contributed by atoms with E-state index in [1.807, 2.05) is 0 Å². The third kappa shape index (κ3) is 1.28. The minimum atomic E-state index is -1.12. The molecule has 0 aromatic heterocycles. The van der Waals surface area contributed by atoms with Gasteiger partial charge in [-0.15, -0.1) is 0 Å². The summed E-state index contributed by atoms with van der Waals surface area (Å²) in [5, 5.41) is 8.72. The summed E-state index contributed by atoms with van der Waals surface area (Å²) in [6.07, 6.45) is 1.29. The van der Waals surface area contributed by atoms with Gasteiger partial charge in [-0.3, -0.25) is 0 Å². The van der Waals surface area contributed by atoms with E-state index in [1.165, 1.54) is 6.07 Å². The Bertz CT molecular complexity index is 403. The Morgan fingerprint density at radius 3 is 2.93 bits per heavy atom. The van der Waals surface area contributed by atoms with Gasteiger partial charge in [-0.2, -0.15) is 0 Å². The first-order chi connectivity index (χ1) is 6.59. The lowest BCUT2D eigenvalue weighted by Gasteiger charge is -2.06. The SMILES string of the molecule is NC1CCc2c(F)cc(C(=O)O)cc21. The zero-order valence-electron chi connectivity index (χ0n) is 7.46. The smallest absolute Gasteiger partial charge is 0.335 e. The van der Waals surface area contributed by atoms with Crippen LogP contribution in [0.5, 0.6) is 0 Å². The predicted molar refractivity (Wildman–Crippen MR) is 48.6 cm³/mol. The minimum Gasteiger partial charge on any atom is -0.478 e. The van der Waals surface area contributed by atoms with Crippen molar-refractivity contribution in [2.75, 3.05) is 0 Å². The summed E-state index contributed by atoms with van der Waals surface area (Å²) >= 11 is 0. The van der Waals surface area contributed by atoms with Gasteiger partial charge in [0, 0.05) is 6.04 Å². The second-order valence-corrected chi connectivity index (χ2v) is 3.48. The lowest BCUT2D eigenvalue weighted by atomic mass is 10.0. The molecule has 0 saturated carbocycles. The van der Waals surface area contributed by atoms with Crippen LogP contribution in [0.25, 0.3) is 0 Å². The van der Waals surface area contributed by atoms with Crippen molar-refractivity contribution in [1.29, 1.82) is 0 Å². The van der Waals surface area contributed by atoms with Crippen LogP contribution in [-0.2, 0) is 6.42 Å². The fourth-order valence-electron chi connectivity index (χ4n) is 1.83. The predicted octanol–water partition coefficient (Wildman–Crippen LogP) is 1.47. The molecule has 0 heterocycles. The van der Waals surface area contributed by atoms with Gasteiger partial charge in [0.2, 0.25) is 0 Å². The first-order valence-electron chi connectivity index (χ1n) is 4.41. The van der Waals surface area contributed by atoms with Gasteiger partial charge in [0.1, 0.15) is 5.82 Å². The van der Waals surface area contributed by atoms with E-state index in [0.717, 1.165) is 6.07 Å². The summed E-state index contributed by atoms with van der Waals surface area (Å²) in [6.45, 7) is 0. The van der Waals surface area contributed by atoms with Crippen molar-refractivity contribution in [2.24, 2.45) is 5.73 Å². The first kappa shape index (κ1) is 9.15. The molecule has 2 rings (SSSR count). The van der Waals surface area contributed by atoms with Gasteiger partial charge in [-0.25, -0.2) is 9.18 Å². The number of benzene rings is 1. The van der Waals surface area contributed by atoms with Crippen molar-refractivity contribution in [2.45, 2.75) is 18.9 Å². The molecule has 0 aliphatic heterocycles. The van der Waals surface area contributed by atoms with E-state index in [2.05, 4.69) is 0 Å². The van der Waals surface area contributed by atoms with Gasteiger partial charge in [-0.1, -0.05) is 0 Å². The Labute approximate surface area is 80.3 Å². The molecule has 1 unspecified atom stereocenters. The van der Waals surface area contributed by atoms with Crippen LogP contribution in [0, 0.1) is 5.82 Å². The second-order valence-electron chi connectivity index (χ2n) is 3.48. The molecule has 1 atom stereocenters. The molecular weight excluding hydrogens is 185 g/mol. The van der Waals surface area contributed by atoms with Gasteiger partial charge in [0.25, 0.3) is 0 Å². The standard InChI is InChI=1S/C10H10FNO2/c11-8-4-5(10(13)14)3-7-6(8)1-2-9(7)12/h3-4,9H,1-2,12H2,(H,13,14). The van der Waals surface area contributed by atoms with Crippen LogP contribution in [-0.4, -0.2) is 11.1 Å². The molecule has 1 aromatic rings. The average Bonchev–Trinajstić information content (AvgIpc) is 2.48. The summed E-state index contributed by atoms with van der Waals surface area (Å²) < 4.78 is 13.4. The molecule has 0 spiro atoms. The van der Waals surface area contributed by atoms with E-state index < -0.39 is 11.8 Å². The normalized spacial score (nSPS) is 19.4. The Morgan fingerprint density at radius 1 is 1.57 bits per heavy atom. The van der Waals surface area contributed by atoms with Crippen LogP contribution in [0.4, 0.5) is 4.39 Å². The highest BCUT2D eigenvalue weighted by molar-refractivity contribution is 5.88. The number of nitrogens with two attached hydrogens (primary N) is 1. The number of carbonyl (C=O) groups is 1. The number of halogens is 1. The zero-order chi connectivity index (χ0) is 10.3. The molecule has 0 fully saturated rings. The van der Waals surface area contributed by atoms with E-state index in [9.17, 15) is 9.18 Å². The fourth-order valence-corrected chi connectivity index (χ4v) is 1.83. The summed E-state index contributed by atoms with van der Waals surface area (Å²) in [4.78, 5) is 10.7. The van der Waals surface area contributed by atoms with Gasteiger partial charge >= 0.3 is 5.97 Å². The molecule has 3 N–H and O–H groups in total. The van der Waals surface area contributed by atoms with Crippen molar-refractivity contribution in [3.63, 3.8) is 0 Å². The monoisotopic (exact) mass is 195 g/mol. The lowest BCUT2D eigenvalue weighted by Crippen LogP contribution is -2.07. The maximum absolute atomic E-state index is 13.4. The summed E-state index contributed by atoms with van der Waals surface area (Å²) in [6, 6.07) is 2.30. The molecule has 3 nitrogen and oxygen atoms in total. The largest absolute Gasteiger partial charge is 0.478 e. The molecule has 74 valence electrons. The Balaban J connectivity index is 2.58. The number of hydrogen-bond acceptors (Lipinski definition) is 2. The van der Waals surface area contributed by atoms with Crippen molar-refractivity contribution >= 4 is 5.97 Å². The molecule has 14 heavy (non-hydrogen) atoms. The van der Waals surface area contributed by atoms with Crippen LogP contribution < -0.4 is 5.73 Å². The van der Waals surface area contributed by atoms with Gasteiger partial charge < -0.3 is 10.8 Å². The topological polar surface area (TPSA) is 63.3 Å². The van der Waals surface area contributed by atoms with Crippen molar-refractivity contribution in [3.8, 4) is 0 Å². The van der Waals surface area contributed by atoms with Crippen LogP contribution >= 0.6 is 0 Å². The second kappa shape index (κ2) is 3.06. The summed E-state index contributed by atoms with van der Waals surface area (Å²) in [7, 11) is 0. The number of hydrogen-bond donors (Lipinski definition) is 2. The van der Waals surface area contributed by atoms with Crippen LogP contribution in [0.2, 0.25) is 0 Å². The number of rotatable bonds is 1. The highest BCUT2D eigenvalue weighted by Gasteiger charge is 2.24. The number of carboxylic acid groups (broad SMARTS) is 1. The molecule has 1 aliphatic carbocycles. The van der Waals surface area contributed by atoms with Gasteiger partial charge in [-0.05, 0) is 36.1 Å². The van der Waals surface area contributed by atoms with E-state index in [-0.39, 0.29) is 11.6 Å². The van der Waals surface area contributed by atoms with E-state index in [4.69, 9.17) is 10.8 Å². The number of carboxylic acids is 1. The van der Waals surface area contributed by atoms with Crippen LogP contribution in [0.3, 0.4) is 0 Å². The van der Waals surface area contributed by atoms with Gasteiger partial charge in [0.15, 0.2) is 0 Å². The van der Waals surface area contributed by atoms with E-state index in [0.29, 0.717) is 24.0 Å². The van der Waals surface area contributed by atoms with Crippen LogP contribution in [0.1, 0.15) is 33.9 Å². The van der Waals surface area contributed by atoms with E-state index in [1.54, 1.807) is 0 Å². The molecule has 0 radical (unpaired) electrons. The molecule has 0 saturated heterocycles. The Hall–Kier alpha value is -1.42. The Morgan fingerprint density at radius 2 is 2.29 bits per heavy atom. The highest BCUT2D eigenvalue weighted by atomic mass is 19.1. The third-order valence-corrected chi connectivity index (χ3v) is 2.58. The summed E-state index contributed by atoms with van der Waals surface area (Å²) in [5.74, 6) is -1.57. The van der Waals surface area contributed by atoms with Crippen molar-refractivity contribution in [1.82, 2.24) is 0 Å². The quantitative estimate of drug-likeness (QED) is 0.713. The average molecular weight is 195 g/mol. The Kier molecular flexibility index (Phi) is 2.00. The minimum absolute atomic E-state index is 0.0291. The van der Waals surface area contributed by atoms with Gasteiger partial charge in [0.05, 0.1) is 5.56 Å². The third-order valence-electron chi connectivity index (χ3n) is 2.58. The maximum atomic E-state index is 13.4. The van der Waals surface area contributed by atoms with Crippen molar-refractivity contribution < 1.29 is 14.3 Å². The van der Waals surface area contributed by atoms with Crippen molar-refractivity contribution in [3.05, 3.63) is 34.6 Å². The number of fused-ring (bicyclic) bond motifs is 1. The molecule has 1 aromatic carbocycles. The highest BCUT2D eigenvalue weighted by Crippen LogP contribution is 2.31. The molecular formula is C10H10FNO2. The first-order valence-corrected chi connectivity index (χ1v) is 4.41. The fraction of sp³-hybridized carbons (Fsp3) is 0.300. The van der Waals surface area contributed by atoms with Crippen LogP contribution in [0.15, 0.2) is 12.1 Å². The summed E-state index contributed by atoms with van der Waals surface area (Å²) in [5.41, 5.74) is 6.91. The zero-order valence-corrected chi connectivity index (χ0v) is 7.46. The molecule has 0 amide bonds. The molecule has 4 heteroatoms. The van der Waals surface area contributed by atoms with E-state index >= 15 is 0 Å². The maximum Gasteiger partial charge on any atom is 0.335 e. The molecule has 1 aliphatic rings. The number of aromatic carboxylic acids is 1.